The predicted molar refractivity (Wildman–Crippen MR) is 88.5 cm³/mol. The maximum atomic E-state index is 13.8. The average molecular weight is 313 g/mol. The number of nitrogens with zero attached hydrogens (tertiary/aromatic N) is 2. The smallest absolute Gasteiger partial charge is 0.311 e. The van der Waals surface area contributed by atoms with Crippen LogP contribution in [0.4, 0.5) is 15.9 Å². The van der Waals surface area contributed by atoms with Gasteiger partial charge in [0, 0.05) is 17.8 Å². The molecule has 1 aromatic heterocycles. The topological polar surface area (TPSA) is 68.1 Å². The quantitative estimate of drug-likeness (QED) is 0.494. The van der Waals surface area contributed by atoms with Crippen molar-refractivity contribution in [2.75, 3.05) is 5.32 Å². The largest absolute Gasteiger partial charge is 0.341 e. The second-order valence-corrected chi connectivity index (χ2v) is 5.05. The van der Waals surface area contributed by atoms with Gasteiger partial charge in [0.1, 0.15) is 5.82 Å². The minimum atomic E-state index is -0.533. The van der Waals surface area contributed by atoms with E-state index in [-0.39, 0.29) is 11.5 Å². The third kappa shape index (κ3) is 4.23. The van der Waals surface area contributed by atoms with Crippen LogP contribution in [0.15, 0.2) is 60.3 Å². The Morgan fingerprint density at radius 1 is 1.26 bits per heavy atom. The number of aromatic nitrogens is 1. The Morgan fingerprint density at radius 3 is 2.65 bits per heavy atom. The van der Waals surface area contributed by atoms with E-state index in [4.69, 9.17) is 0 Å². The van der Waals surface area contributed by atoms with E-state index in [0.717, 1.165) is 5.57 Å². The summed E-state index contributed by atoms with van der Waals surface area (Å²) in [5, 5.41) is 13.9. The van der Waals surface area contributed by atoms with Crippen molar-refractivity contribution in [3.05, 3.63) is 76.3 Å². The number of rotatable bonds is 5. The molecule has 0 aliphatic heterocycles. The van der Waals surface area contributed by atoms with Crippen molar-refractivity contribution in [3.63, 3.8) is 0 Å². The summed E-state index contributed by atoms with van der Waals surface area (Å²) in [6.45, 7) is 3.87. The molecule has 0 amide bonds. The van der Waals surface area contributed by atoms with Crippen molar-refractivity contribution in [1.82, 2.24) is 4.98 Å². The van der Waals surface area contributed by atoms with Gasteiger partial charge in [0.25, 0.3) is 0 Å². The molecule has 1 aromatic carbocycles. The average Bonchev–Trinajstić information content (AvgIpc) is 2.51. The summed E-state index contributed by atoms with van der Waals surface area (Å²) in [6, 6.07) is 8.90. The van der Waals surface area contributed by atoms with Gasteiger partial charge in [0.2, 0.25) is 5.82 Å². The first kappa shape index (κ1) is 16.4. The summed E-state index contributed by atoms with van der Waals surface area (Å²) in [5.41, 5.74) is 1.53. The molecule has 0 aliphatic carbocycles. The zero-order chi connectivity index (χ0) is 16.8. The van der Waals surface area contributed by atoms with Gasteiger partial charge >= 0.3 is 5.69 Å². The van der Waals surface area contributed by atoms with Gasteiger partial charge in [-0.2, -0.15) is 0 Å². The molecule has 1 heterocycles. The first-order chi connectivity index (χ1) is 11.0. The van der Waals surface area contributed by atoms with Gasteiger partial charge in [-0.3, -0.25) is 10.1 Å². The fraction of sp³-hybridized carbons (Fsp3) is 0.118. The summed E-state index contributed by atoms with van der Waals surface area (Å²) >= 11 is 0. The van der Waals surface area contributed by atoms with E-state index < -0.39 is 10.7 Å². The molecule has 0 atom stereocenters. The highest BCUT2D eigenvalue weighted by molar-refractivity contribution is 5.67. The predicted octanol–water partition coefficient (Wildman–Crippen LogP) is 4.69. The molecule has 0 bridgehead atoms. The Balaban J connectivity index is 2.40. The van der Waals surface area contributed by atoms with Crippen LogP contribution in [0.3, 0.4) is 0 Å². The van der Waals surface area contributed by atoms with Gasteiger partial charge in [0.05, 0.1) is 10.6 Å². The second kappa shape index (κ2) is 7.31. The van der Waals surface area contributed by atoms with E-state index in [2.05, 4.69) is 10.3 Å². The van der Waals surface area contributed by atoms with Gasteiger partial charge in [-0.1, -0.05) is 23.8 Å². The van der Waals surface area contributed by atoms with Crippen LogP contribution in [0.2, 0.25) is 0 Å². The van der Waals surface area contributed by atoms with E-state index in [1.807, 2.05) is 19.9 Å². The van der Waals surface area contributed by atoms with E-state index in [1.54, 1.807) is 30.5 Å². The zero-order valence-electron chi connectivity index (χ0n) is 12.8. The number of anilines is 1. The van der Waals surface area contributed by atoms with Gasteiger partial charge in [0.15, 0.2) is 0 Å². The molecule has 0 aliphatic rings. The number of nitrogens with one attached hydrogen (secondary N) is 1. The lowest BCUT2D eigenvalue weighted by Crippen LogP contribution is -2.00. The minimum absolute atomic E-state index is 0.0640. The highest BCUT2D eigenvalue weighted by Gasteiger charge is 2.16. The summed E-state index contributed by atoms with van der Waals surface area (Å²) in [6.07, 6.45) is 5.11. The van der Waals surface area contributed by atoms with E-state index in [0.29, 0.717) is 11.3 Å². The number of pyridine rings is 1. The highest BCUT2D eigenvalue weighted by atomic mass is 19.1. The number of hydrogen-bond donors (Lipinski definition) is 1. The SMILES string of the molecule is CC(C)=C/C=C/Nc1nc(-c2ccccc2F)ccc1[N+](=O)[O-]. The third-order valence-electron chi connectivity index (χ3n) is 2.97. The van der Waals surface area contributed by atoms with Crippen LogP contribution in [0.1, 0.15) is 13.8 Å². The molecule has 6 heteroatoms. The van der Waals surface area contributed by atoms with Crippen LogP contribution < -0.4 is 5.32 Å². The van der Waals surface area contributed by atoms with E-state index in [9.17, 15) is 14.5 Å². The molecular formula is C17H16FN3O2. The maximum absolute atomic E-state index is 13.8. The fourth-order valence-corrected chi connectivity index (χ4v) is 1.89. The molecule has 2 rings (SSSR count). The highest BCUT2D eigenvalue weighted by Crippen LogP contribution is 2.28. The van der Waals surface area contributed by atoms with Gasteiger partial charge in [-0.05, 0) is 38.1 Å². The van der Waals surface area contributed by atoms with E-state index >= 15 is 0 Å². The number of nitro groups is 1. The van der Waals surface area contributed by atoms with Crippen molar-refractivity contribution in [2.24, 2.45) is 0 Å². The fourth-order valence-electron chi connectivity index (χ4n) is 1.89. The van der Waals surface area contributed by atoms with Crippen LogP contribution in [0.5, 0.6) is 0 Å². The van der Waals surface area contributed by atoms with E-state index in [1.165, 1.54) is 18.2 Å². The zero-order valence-corrected chi connectivity index (χ0v) is 12.8. The number of halogens is 1. The molecular weight excluding hydrogens is 297 g/mol. The first-order valence-electron chi connectivity index (χ1n) is 6.96. The Bertz CT molecular complexity index is 781. The second-order valence-electron chi connectivity index (χ2n) is 5.05. The van der Waals surface area contributed by atoms with Crippen molar-refractivity contribution in [2.45, 2.75) is 13.8 Å². The molecule has 0 fully saturated rings. The normalized spacial score (nSPS) is 10.6. The molecule has 0 unspecified atom stereocenters. The van der Waals surface area contributed by atoms with Crippen LogP contribution in [0, 0.1) is 15.9 Å². The lowest BCUT2D eigenvalue weighted by molar-refractivity contribution is -0.384. The van der Waals surface area contributed by atoms with Crippen LogP contribution in [0.25, 0.3) is 11.3 Å². The minimum Gasteiger partial charge on any atom is -0.341 e. The number of benzene rings is 1. The Hall–Kier alpha value is -3.02. The van der Waals surface area contributed by atoms with Crippen LogP contribution in [-0.2, 0) is 0 Å². The van der Waals surface area contributed by atoms with Gasteiger partial charge in [-0.25, -0.2) is 9.37 Å². The molecule has 0 saturated heterocycles. The van der Waals surface area contributed by atoms with Gasteiger partial charge < -0.3 is 5.32 Å². The molecule has 0 radical (unpaired) electrons. The summed E-state index contributed by atoms with van der Waals surface area (Å²) in [5.74, 6) is -0.367. The number of hydrogen-bond acceptors (Lipinski definition) is 4. The Morgan fingerprint density at radius 2 is 2.00 bits per heavy atom. The summed E-state index contributed by atoms with van der Waals surface area (Å²) in [4.78, 5) is 14.7. The number of allylic oxidation sites excluding steroid dienone is 3. The standard InChI is InChI=1S/C17H16FN3O2/c1-12(2)6-5-11-19-17-16(21(22)23)10-9-15(20-17)13-7-3-4-8-14(13)18/h3-11H,1-2H3,(H,19,20)/b11-5+. The molecule has 1 N–H and O–H groups in total. The molecule has 118 valence electrons. The Kier molecular flexibility index (Phi) is 5.19. The molecule has 5 nitrogen and oxygen atoms in total. The molecule has 0 spiro atoms. The monoisotopic (exact) mass is 313 g/mol. The van der Waals surface area contributed by atoms with Crippen molar-refractivity contribution in [3.8, 4) is 11.3 Å². The van der Waals surface area contributed by atoms with Crippen molar-refractivity contribution < 1.29 is 9.31 Å². The van der Waals surface area contributed by atoms with Gasteiger partial charge in [-0.15, -0.1) is 0 Å². The maximum Gasteiger partial charge on any atom is 0.311 e. The third-order valence-corrected chi connectivity index (χ3v) is 2.97. The molecule has 2 aromatic rings. The summed E-state index contributed by atoms with van der Waals surface area (Å²) in [7, 11) is 0. The van der Waals surface area contributed by atoms with Crippen molar-refractivity contribution in [1.29, 1.82) is 0 Å². The lowest BCUT2D eigenvalue weighted by Gasteiger charge is -2.06. The van der Waals surface area contributed by atoms with Crippen LogP contribution in [-0.4, -0.2) is 9.91 Å². The van der Waals surface area contributed by atoms with Crippen molar-refractivity contribution >= 4 is 11.5 Å². The van der Waals surface area contributed by atoms with Crippen LogP contribution >= 0.6 is 0 Å². The summed E-state index contributed by atoms with van der Waals surface area (Å²) < 4.78 is 13.8. The lowest BCUT2D eigenvalue weighted by atomic mass is 10.1. The first-order valence-corrected chi connectivity index (χ1v) is 6.96. The molecule has 0 saturated carbocycles. The Labute approximate surface area is 133 Å². The molecule has 23 heavy (non-hydrogen) atoms.